The minimum atomic E-state index is -1.42. The second-order valence-corrected chi connectivity index (χ2v) is 5.72. The summed E-state index contributed by atoms with van der Waals surface area (Å²) in [5.41, 5.74) is -1.53. The van der Waals surface area contributed by atoms with E-state index in [2.05, 4.69) is 11.2 Å². The van der Waals surface area contributed by atoms with E-state index in [1.807, 2.05) is 0 Å². The van der Waals surface area contributed by atoms with Gasteiger partial charge in [0.25, 0.3) is 0 Å². The van der Waals surface area contributed by atoms with Crippen LogP contribution in [0.3, 0.4) is 0 Å². The van der Waals surface area contributed by atoms with Gasteiger partial charge in [0.05, 0.1) is 5.56 Å². The van der Waals surface area contributed by atoms with E-state index >= 15 is 0 Å². The first-order valence-electron chi connectivity index (χ1n) is 6.67. The zero-order valence-corrected chi connectivity index (χ0v) is 12.9. The number of benzene rings is 1. The highest BCUT2D eigenvalue weighted by Crippen LogP contribution is 2.17. The number of Topliss-reactive ketones (excluding diaryl/α,β-unsaturated/α-hetero) is 1. The molecule has 124 valence electrons. The van der Waals surface area contributed by atoms with E-state index in [9.17, 15) is 22.8 Å². The molecule has 0 spiro atoms. The molecule has 1 N–H and O–H groups in total. The lowest BCUT2D eigenvalue weighted by atomic mass is 10.0. The number of amides is 1. The van der Waals surface area contributed by atoms with Gasteiger partial charge in [-0.05, 0) is 26.8 Å². The van der Waals surface area contributed by atoms with Gasteiger partial charge < -0.3 is 10.1 Å². The first-order chi connectivity index (χ1) is 10.5. The Morgan fingerprint density at radius 1 is 1.22 bits per heavy atom. The van der Waals surface area contributed by atoms with Gasteiger partial charge in [0.1, 0.15) is 17.5 Å². The van der Waals surface area contributed by atoms with Crippen LogP contribution in [0.2, 0.25) is 0 Å². The molecular formula is C16H16F3NO3. The van der Waals surface area contributed by atoms with Crippen LogP contribution in [0.1, 0.15) is 37.6 Å². The normalized spacial score (nSPS) is 12.2. The second-order valence-electron chi connectivity index (χ2n) is 5.72. The predicted molar refractivity (Wildman–Crippen MR) is 77.3 cm³/mol. The molecule has 0 aliphatic heterocycles. The van der Waals surface area contributed by atoms with Crippen LogP contribution in [0.4, 0.5) is 18.0 Å². The number of carbonyl (C=O) groups excluding carboxylic acids is 2. The third-order valence-corrected chi connectivity index (χ3v) is 2.60. The molecule has 1 unspecified atom stereocenters. The number of nitrogens with one attached hydrogen (secondary N) is 1. The summed E-state index contributed by atoms with van der Waals surface area (Å²) in [6, 6.07) is -0.648. The monoisotopic (exact) mass is 327 g/mol. The fourth-order valence-electron chi connectivity index (χ4n) is 1.68. The lowest BCUT2D eigenvalue weighted by molar-refractivity contribution is 0.0492. The first-order valence-corrected chi connectivity index (χ1v) is 6.67. The van der Waals surface area contributed by atoms with E-state index in [0.29, 0.717) is 6.07 Å². The van der Waals surface area contributed by atoms with Crippen LogP contribution in [-0.4, -0.2) is 23.5 Å². The molecule has 23 heavy (non-hydrogen) atoms. The Kier molecular flexibility index (Phi) is 5.79. The van der Waals surface area contributed by atoms with Crippen molar-refractivity contribution in [3.05, 3.63) is 35.1 Å². The topological polar surface area (TPSA) is 55.4 Å². The maximum absolute atomic E-state index is 13.7. The summed E-state index contributed by atoms with van der Waals surface area (Å²) in [5, 5.41) is 2.20. The zero-order valence-electron chi connectivity index (χ0n) is 12.9. The van der Waals surface area contributed by atoms with Gasteiger partial charge in [-0.15, -0.1) is 12.3 Å². The van der Waals surface area contributed by atoms with Crippen LogP contribution >= 0.6 is 0 Å². The Hall–Kier alpha value is -2.49. The molecule has 0 aliphatic rings. The molecule has 0 fully saturated rings. The number of rotatable bonds is 4. The van der Waals surface area contributed by atoms with Crippen molar-refractivity contribution >= 4 is 11.9 Å². The van der Waals surface area contributed by atoms with Crippen molar-refractivity contribution in [1.82, 2.24) is 5.32 Å². The Morgan fingerprint density at radius 3 is 2.30 bits per heavy atom. The van der Waals surface area contributed by atoms with E-state index in [0.717, 1.165) is 0 Å². The van der Waals surface area contributed by atoms with E-state index in [1.54, 1.807) is 20.8 Å². The fourth-order valence-corrected chi connectivity index (χ4v) is 1.68. The van der Waals surface area contributed by atoms with Crippen molar-refractivity contribution in [2.45, 2.75) is 38.8 Å². The fraction of sp³-hybridized carbons (Fsp3) is 0.375. The zero-order chi connectivity index (χ0) is 17.8. The number of ketones is 1. The van der Waals surface area contributed by atoms with Gasteiger partial charge in [-0.25, -0.2) is 18.0 Å². The summed E-state index contributed by atoms with van der Waals surface area (Å²) in [6.45, 7) is 4.83. The van der Waals surface area contributed by atoms with Crippen LogP contribution in [0.25, 0.3) is 0 Å². The smallest absolute Gasteiger partial charge is 0.408 e. The lowest BCUT2D eigenvalue weighted by Crippen LogP contribution is -2.43. The number of alkyl carbamates (subject to hydrolysis) is 1. The average Bonchev–Trinajstić information content (AvgIpc) is 2.39. The summed E-state index contributed by atoms with van der Waals surface area (Å²) >= 11 is 0. The molecule has 0 aromatic heterocycles. The molecule has 4 nitrogen and oxygen atoms in total. The highest BCUT2D eigenvalue weighted by Gasteiger charge is 2.27. The number of carbonyl (C=O) groups is 2. The van der Waals surface area contributed by atoms with Gasteiger partial charge in [-0.2, -0.15) is 0 Å². The molecule has 1 aromatic rings. The van der Waals surface area contributed by atoms with Gasteiger partial charge in [0.2, 0.25) is 0 Å². The molecule has 0 saturated heterocycles. The third-order valence-electron chi connectivity index (χ3n) is 2.60. The van der Waals surface area contributed by atoms with E-state index in [1.165, 1.54) is 0 Å². The van der Waals surface area contributed by atoms with Gasteiger partial charge >= 0.3 is 6.09 Å². The third kappa shape index (κ3) is 5.33. The number of terminal acetylenes is 1. The highest BCUT2D eigenvalue weighted by molar-refractivity contribution is 6.01. The second kappa shape index (κ2) is 7.18. The van der Waals surface area contributed by atoms with Gasteiger partial charge in [0, 0.05) is 12.5 Å². The van der Waals surface area contributed by atoms with E-state index in [4.69, 9.17) is 11.2 Å². The largest absolute Gasteiger partial charge is 0.444 e. The molecule has 0 radical (unpaired) electrons. The summed E-state index contributed by atoms with van der Waals surface area (Å²) in [7, 11) is 0. The molecule has 0 heterocycles. The van der Waals surface area contributed by atoms with Crippen LogP contribution in [0.15, 0.2) is 12.1 Å². The highest BCUT2D eigenvalue weighted by atomic mass is 19.2. The molecular weight excluding hydrogens is 311 g/mol. The van der Waals surface area contributed by atoms with Gasteiger partial charge in [-0.1, -0.05) is 0 Å². The molecule has 0 aliphatic carbocycles. The molecule has 0 saturated carbocycles. The molecule has 1 atom stereocenters. The molecule has 1 aromatic carbocycles. The van der Waals surface area contributed by atoms with Crippen LogP contribution < -0.4 is 5.32 Å². The van der Waals surface area contributed by atoms with Crippen molar-refractivity contribution < 1.29 is 27.5 Å². The number of halogens is 3. The summed E-state index contributed by atoms with van der Waals surface area (Å²) in [4.78, 5) is 23.9. The summed E-state index contributed by atoms with van der Waals surface area (Å²) < 4.78 is 44.8. The van der Waals surface area contributed by atoms with E-state index < -0.39 is 46.5 Å². The number of hydrogen-bond acceptors (Lipinski definition) is 3. The van der Waals surface area contributed by atoms with Crippen molar-refractivity contribution in [3.63, 3.8) is 0 Å². The Bertz CT molecular complexity index is 660. The average molecular weight is 327 g/mol. The van der Waals surface area contributed by atoms with Crippen molar-refractivity contribution in [2.24, 2.45) is 0 Å². The first kappa shape index (κ1) is 18.6. The summed E-state index contributed by atoms with van der Waals surface area (Å²) in [5.74, 6) is -2.89. The molecule has 7 heteroatoms. The van der Waals surface area contributed by atoms with Crippen molar-refractivity contribution in [2.75, 3.05) is 0 Å². The lowest BCUT2D eigenvalue weighted by Gasteiger charge is -2.22. The quantitative estimate of drug-likeness (QED) is 0.525. The Balaban J connectivity index is 3.02. The number of hydrogen-bond donors (Lipinski definition) is 1. The Morgan fingerprint density at radius 2 is 1.78 bits per heavy atom. The minimum absolute atomic E-state index is 0.253. The van der Waals surface area contributed by atoms with Crippen LogP contribution in [0.5, 0.6) is 0 Å². The molecule has 0 bridgehead atoms. The van der Waals surface area contributed by atoms with Gasteiger partial charge in [0.15, 0.2) is 17.4 Å². The maximum atomic E-state index is 13.7. The molecule has 1 amide bonds. The van der Waals surface area contributed by atoms with Gasteiger partial charge in [-0.3, -0.25) is 4.79 Å². The minimum Gasteiger partial charge on any atom is -0.444 e. The summed E-state index contributed by atoms with van der Waals surface area (Å²) in [6.07, 6.45) is 3.91. The maximum Gasteiger partial charge on any atom is 0.408 e. The van der Waals surface area contributed by atoms with Crippen LogP contribution in [0, 0.1) is 29.8 Å². The van der Waals surface area contributed by atoms with E-state index in [-0.39, 0.29) is 12.5 Å². The standard InChI is InChI=1S/C16H16F3NO3/c1-5-6-13(20-15(22)23-16(2,3)4)14(21)9-7-11(18)12(19)8-10(9)17/h1,7-8,13H,6H2,2-4H3,(H,20,22). The SMILES string of the molecule is C#CCC(NC(=O)OC(C)(C)C)C(=O)c1cc(F)c(F)cc1F. The Labute approximate surface area is 132 Å². The van der Waals surface area contributed by atoms with Crippen molar-refractivity contribution in [3.8, 4) is 12.3 Å². The van der Waals surface area contributed by atoms with Crippen molar-refractivity contribution in [1.29, 1.82) is 0 Å². The number of ether oxygens (including phenoxy) is 1. The molecule has 1 rings (SSSR count). The predicted octanol–water partition coefficient (Wildman–Crippen LogP) is 3.20. The van der Waals surface area contributed by atoms with Crippen LogP contribution in [-0.2, 0) is 4.74 Å².